The predicted octanol–water partition coefficient (Wildman–Crippen LogP) is 12.3. The fraction of sp³-hybridized carbons (Fsp3) is 0.959. The average Bonchev–Trinajstić information content (AvgIpc) is 3.20. The molecule has 4 atom stereocenters. The van der Waals surface area contributed by atoms with Crippen molar-refractivity contribution in [2.45, 2.75) is 252 Å². The molecular weight excluding hydrogens is 715 g/mol. The van der Waals surface area contributed by atoms with Gasteiger partial charge in [0.05, 0.1) is 37.3 Å². The van der Waals surface area contributed by atoms with Gasteiger partial charge < -0.3 is 24.8 Å². The number of carbonyl (C=O) groups excluding carboxylic acids is 2. The first-order valence-electron chi connectivity index (χ1n) is 24.8. The Balaban J connectivity index is 4.68. The third-order valence-electron chi connectivity index (χ3n) is 11.7. The van der Waals surface area contributed by atoms with Gasteiger partial charge in [0.2, 0.25) is 0 Å². The van der Waals surface area contributed by atoms with Crippen LogP contribution in [0.15, 0.2) is 0 Å². The van der Waals surface area contributed by atoms with Gasteiger partial charge in [-0.25, -0.2) is 0 Å². The number of aliphatic hydroxyl groups is 3. The van der Waals surface area contributed by atoms with E-state index >= 15 is 0 Å². The van der Waals surface area contributed by atoms with Gasteiger partial charge in [0.25, 0.3) is 0 Å². The summed E-state index contributed by atoms with van der Waals surface area (Å²) in [6.45, 7) is 11.6. The largest absolute Gasteiger partial charge is 0.465 e. The summed E-state index contributed by atoms with van der Waals surface area (Å²) in [5.74, 6) is -0.0483. The molecule has 0 aromatic rings. The minimum Gasteiger partial charge on any atom is -0.465 e. The molecule has 0 bridgehead atoms. The average molecular weight is 812 g/mol. The van der Waals surface area contributed by atoms with E-state index < -0.39 is 12.2 Å². The monoisotopic (exact) mass is 812 g/mol. The lowest BCUT2D eigenvalue weighted by atomic mass is 9.94. The molecule has 0 aliphatic carbocycles. The van der Waals surface area contributed by atoms with E-state index in [2.05, 4.69) is 32.6 Å². The van der Waals surface area contributed by atoms with Crippen LogP contribution in [-0.4, -0.2) is 83.8 Å². The molecule has 8 nitrogen and oxygen atoms in total. The molecule has 0 aliphatic rings. The molecule has 0 aromatic heterocycles. The van der Waals surface area contributed by atoms with E-state index in [4.69, 9.17) is 9.47 Å². The van der Waals surface area contributed by atoms with Crippen LogP contribution in [0.1, 0.15) is 240 Å². The third kappa shape index (κ3) is 36.4. The summed E-state index contributed by atoms with van der Waals surface area (Å²) in [5.41, 5.74) is 0. The predicted molar refractivity (Wildman–Crippen MR) is 239 cm³/mol. The second-order valence-corrected chi connectivity index (χ2v) is 17.4. The summed E-state index contributed by atoms with van der Waals surface area (Å²) in [6.07, 6.45) is 33.7. The molecule has 0 saturated carbocycles. The van der Waals surface area contributed by atoms with Gasteiger partial charge in [-0.2, -0.15) is 0 Å². The van der Waals surface area contributed by atoms with Gasteiger partial charge in [-0.3, -0.25) is 14.5 Å². The molecule has 0 radical (unpaired) electrons. The molecule has 0 fully saturated rings. The zero-order valence-electron chi connectivity index (χ0n) is 38.3. The van der Waals surface area contributed by atoms with Crippen LogP contribution < -0.4 is 0 Å². The summed E-state index contributed by atoms with van der Waals surface area (Å²) in [6, 6.07) is 0. The van der Waals surface area contributed by atoms with Crippen molar-refractivity contribution in [2.24, 2.45) is 11.8 Å². The molecule has 0 heterocycles. The number of rotatable bonds is 45. The van der Waals surface area contributed by atoms with Crippen molar-refractivity contribution in [2.75, 3.05) is 39.5 Å². The number of ether oxygens (including phenoxy) is 2. The zero-order chi connectivity index (χ0) is 42.0. The van der Waals surface area contributed by atoms with Crippen molar-refractivity contribution < 1.29 is 34.4 Å². The van der Waals surface area contributed by atoms with Crippen molar-refractivity contribution in [1.29, 1.82) is 0 Å². The standard InChI is InChI=1S/C49H97NO7/c1-5-9-13-17-19-24-34-44(32-22-15-11-7-3)48(54)56-40-30-26-36-46(52)42-50(38-28-21-29-39-51)43-47(53)37-27-31-41-57-49(55)45(33-23-16-12-8-4)35-25-20-18-14-10-6-2/h44-47,51-53H,5-43H2,1-4H3/t44?,45?,46-,47+. The lowest BCUT2D eigenvalue weighted by Crippen LogP contribution is -2.38. The summed E-state index contributed by atoms with van der Waals surface area (Å²) >= 11 is 0. The first-order chi connectivity index (χ1) is 27.8. The van der Waals surface area contributed by atoms with E-state index in [9.17, 15) is 24.9 Å². The van der Waals surface area contributed by atoms with Gasteiger partial charge in [-0.1, -0.05) is 156 Å². The highest BCUT2D eigenvalue weighted by Crippen LogP contribution is 2.22. The molecular formula is C49H97NO7. The number of hydrogen-bond donors (Lipinski definition) is 3. The van der Waals surface area contributed by atoms with Crippen LogP contribution in [-0.2, 0) is 19.1 Å². The van der Waals surface area contributed by atoms with E-state index in [1.807, 2.05) is 0 Å². The Hall–Kier alpha value is -1.22. The van der Waals surface area contributed by atoms with Crippen LogP contribution in [0, 0.1) is 11.8 Å². The van der Waals surface area contributed by atoms with Crippen LogP contribution in [0.2, 0.25) is 0 Å². The van der Waals surface area contributed by atoms with Crippen molar-refractivity contribution in [1.82, 2.24) is 4.90 Å². The molecule has 8 heteroatoms. The number of nitrogens with zero attached hydrogens (tertiary/aromatic N) is 1. The lowest BCUT2D eigenvalue weighted by Gasteiger charge is -2.27. The van der Waals surface area contributed by atoms with Gasteiger partial charge >= 0.3 is 11.9 Å². The Bertz CT molecular complexity index is 796. The first kappa shape index (κ1) is 55.8. The quantitative estimate of drug-likeness (QED) is 0.0411. The van der Waals surface area contributed by atoms with E-state index in [1.54, 1.807) is 0 Å². The molecule has 0 spiro atoms. The summed E-state index contributed by atoms with van der Waals surface area (Å²) < 4.78 is 11.5. The van der Waals surface area contributed by atoms with Crippen molar-refractivity contribution in [3.05, 3.63) is 0 Å². The molecule has 0 saturated heterocycles. The van der Waals surface area contributed by atoms with Gasteiger partial charge in [-0.15, -0.1) is 0 Å². The molecule has 3 N–H and O–H groups in total. The van der Waals surface area contributed by atoms with Crippen LogP contribution in [0.4, 0.5) is 0 Å². The van der Waals surface area contributed by atoms with Gasteiger partial charge in [0.15, 0.2) is 0 Å². The lowest BCUT2D eigenvalue weighted by molar-refractivity contribution is -0.150. The van der Waals surface area contributed by atoms with E-state index in [-0.39, 0.29) is 30.4 Å². The van der Waals surface area contributed by atoms with Crippen molar-refractivity contribution >= 4 is 11.9 Å². The summed E-state index contributed by atoms with van der Waals surface area (Å²) in [5, 5.41) is 31.1. The Kier molecular flexibility index (Phi) is 42.0. The highest BCUT2D eigenvalue weighted by molar-refractivity contribution is 5.72. The Labute approximate surface area is 353 Å². The fourth-order valence-corrected chi connectivity index (χ4v) is 7.94. The SMILES string of the molecule is CCCCCCCCC(CCCCCC)C(=O)OCCCC[C@@H](O)CN(CCCCCO)C[C@@H](O)CCCCOC(=O)C(CCCCCC)CCCCCCCC. The molecule has 0 amide bonds. The minimum atomic E-state index is -0.518. The normalized spacial score (nSPS) is 13.8. The highest BCUT2D eigenvalue weighted by atomic mass is 16.5. The van der Waals surface area contributed by atoms with Crippen molar-refractivity contribution in [3.63, 3.8) is 0 Å². The van der Waals surface area contributed by atoms with Gasteiger partial charge in [0.1, 0.15) is 0 Å². The van der Waals surface area contributed by atoms with Crippen LogP contribution in [0.25, 0.3) is 0 Å². The van der Waals surface area contributed by atoms with Crippen molar-refractivity contribution in [3.8, 4) is 0 Å². The summed E-state index contributed by atoms with van der Waals surface area (Å²) in [7, 11) is 0. The molecule has 0 aliphatic heterocycles. The molecule has 340 valence electrons. The Morgan fingerprint density at radius 2 is 0.737 bits per heavy atom. The Morgan fingerprint density at radius 1 is 0.421 bits per heavy atom. The second kappa shape index (κ2) is 42.9. The minimum absolute atomic E-state index is 0.0108. The zero-order valence-corrected chi connectivity index (χ0v) is 38.3. The number of aliphatic hydroxyl groups excluding tert-OH is 3. The highest BCUT2D eigenvalue weighted by Gasteiger charge is 2.21. The number of esters is 2. The number of unbranched alkanes of at least 4 members (excludes halogenated alkanes) is 20. The maximum atomic E-state index is 13.0. The molecule has 57 heavy (non-hydrogen) atoms. The second-order valence-electron chi connectivity index (χ2n) is 17.4. The van der Waals surface area contributed by atoms with Gasteiger partial charge in [0, 0.05) is 19.7 Å². The topological polar surface area (TPSA) is 117 Å². The number of carbonyl (C=O) groups is 2. The van der Waals surface area contributed by atoms with E-state index in [1.165, 1.54) is 103 Å². The van der Waals surface area contributed by atoms with Crippen LogP contribution in [0.5, 0.6) is 0 Å². The Morgan fingerprint density at radius 3 is 1.11 bits per heavy atom. The maximum absolute atomic E-state index is 13.0. The third-order valence-corrected chi connectivity index (χ3v) is 11.7. The summed E-state index contributed by atoms with van der Waals surface area (Å²) in [4.78, 5) is 28.2. The maximum Gasteiger partial charge on any atom is 0.308 e. The first-order valence-corrected chi connectivity index (χ1v) is 24.8. The smallest absolute Gasteiger partial charge is 0.308 e. The molecule has 0 rings (SSSR count). The van der Waals surface area contributed by atoms with Crippen LogP contribution >= 0.6 is 0 Å². The van der Waals surface area contributed by atoms with E-state index in [0.717, 1.165) is 103 Å². The number of hydrogen-bond acceptors (Lipinski definition) is 8. The molecule has 2 unspecified atom stereocenters. The fourth-order valence-electron chi connectivity index (χ4n) is 7.94. The molecule has 0 aromatic carbocycles. The van der Waals surface area contributed by atoms with E-state index in [0.29, 0.717) is 39.1 Å². The van der Waals surface area contributed by atoms with Crippen LogP contribution in [0.3, 0.4) is 0 Å². The van der Waals surface area contributed by atoms with Gasteiger partial charge in [-0.05, 0) is 90.0 Å².